The molecule has 154 valence electrons. The number of halogens is 2. The minimum atomic E-state index is -0.277. The number of amidine groups is 1. The maximum Gasteiger partial charge on any atom is 0.329 e. The third-order valence-corrected chi connectivity index (χ3v) is 4.95. The van der Waals surface area contributed by atoms with Gasteiger partial charge in [0.1, 0.15) is 5.84 Å². The maximum atomic E-state index is 12.9. The van der Waals surface area contributed by atoms with Crippen molar-refractivity contribution in [2.45, 2.75) is 12.8 Å². The van der Waals surface area contributed by atoms with E-state index in [9.17, 15) is 9.59 Å². The molecule has 0 aromatic heterocycles. The molecule has 0 aliphatic carbocycles. The number of rotatable bonds is 6. The van der Waals surface area contributed by atoms with E-state index in [1.807, 2.05) is 6.07 Å². The summed E-state index contributed by atoms with van der Waals surface area (Å²) in [5.41, 5.74) is 8.36. The zero-order chi connectivity index (χ0) is 20.3. The highest BCUT2D eigenvalue weighted by molar-refractivity contribution is 6.34. The molecule has 0 bridgehead atoms. The summed E-state index contributed by atoms with van der Waals surface area (Å²) in [4.78, 5) is 27.5. The van der Waals surface area contributed by atoms with E-state index in [1.165, 1.54) is 7.11 Å². The molecule has 7 nitrogen and oxygen atoms in total. The largest absolute Gasteiger partial charge is 0.469 e. The van der Waals surface area contributed by atoms with E-state index in [1.54, 1.807) is 46.2 Å². The Labute approximate surface area is 180 Å². The summed E-state index contributed by atoms with van der Waals surface area (Å²) in [6.45, 7) is 1.03. The number of urea groups is 1. The van der Waals surface area contributed by atoms with Gasteiger partial charge >= 0.3 is 12.0 Å². The Balaban J connectivity index is 0.00000300. The lowest BCUT2D eigenvalue weighted by molar-refractivity contribution is -0.140. The van der Waals surface area contributed by atoms with E-state index >= 15 is 0 Å². The highest BCUT2D eigenvalue weighted by atomic mass is 35.5. The van der Waals surface area contributed by atoms with Crippen molar-refractivity contribution in [3.63, 3.8) is 0 Å². The van der Waals surface area contributed by atoms with E-state index < -0.39 is 0 Å². The van der Waals surface area contributed by atoms with Crippen molar-refractivity contribution in [3.8, 4) is 0 Å². The maximum absolute atomic E-state index is 12.9. The fourth-order valence-corrected chi connectivity index (χ4v) is 3.40. The Bertz CT molecular complexity index is 918. The molecular weight excluding hydrogens is 415 g/mol. The molecule has 0 unspecified atom stereocenters. The Hall–Kier alpha value is -2.77. The van der Waals surface area contributed by atoms with E-state index in [0.717, 1.165) is 11.3 Å². The molecule has 1 heterocycles. The predicted molar refractivity (Wildman–Crippen MR) is 117 cm³/mol. The fraction of sp³-hybridized carbons (Fsp3) is 0.250. The lowest BCUT2D eigenvalue weighted by Gasteiger charge is -2.20. The van der Waals surface area contributed by atoms with Gasteiger partial charge in [0.05, 0.1) is 17.8 Å². The second-order valence-corrected chi connectivity index (χ2v) is 6.82. The predicted octanol–water partition coefficient (Wildman–Crippen LogP) is 3.60. The highest BCUT2D eigenvalue weighted by Crippen LogP contribution is 2.31. The van der Waals surface area contributed by atoms with Gasteiger partial charge in [0.25, 0.3) is 0 Å². The lowest BCUT2D eigenvalue weighted by Crippen LogP contribution is -2.31. The summed E-state index contributed by atoms with van der Waals surface area (Å²) in [5.74, 6) is -0.290. The van der Waals surface area contributed by atoms with Crippen molar-refractivity contribution in [3.05, 3.63) is 58.6 Å². The highest BCUT2D eigenvalue weighted by Gasteiger charge is 2.31. The summed E-state index contributed by atoms with van der Waals surface area (Å²) >= 11 is 6.41. The molecule has 1 fully saturated rings. The Kier molecular flexibility index (Phi) is 7.47. The van der Waals surface area contributed by atoms with Crippen LogP contribution in [0.5, 0.6) is 0 Å². The van der Waals surface area contributed by atoms with Crippen LogP contribution in [0, 0.1) is 5.41 Å². The number of amides is 2. The van der Waals surface area contributed by atoms with Gasteiger partial charge < -0.3 is 10.5 Å². The SMILES string of the molecule is COC(=O)CCc1ccc(N2CCN(c3ccc(C(=N)N)cc3)C2=O)c(Cl)c1.Cl. The van der Waals surface area contributed by atoms with E-state index in [-0.39, 0.29) is 36.7 Å². The number of nitrogen functional groups attached to an aromatic ring is 1. The minimum absolute atomic E-state index is 0. The van der Waals surface area contributed by atoms with Crippen molar-refractivity contribution in [2.75, 3.05) is 30.0 Å². The van der Waals surface area contributed by atoms with Crippen LogP contribution >= 0.6 is 24.0 Å². The number of esters is 1. The molecule has 1 saturated heterocycles. The van der Waals surface area contributed by atoms with Crippen molar-refractivity contribution < 1.29 is 14.3 Å². The smallest absolute Gasteiger partial charge is 0.329 e. The quantitative estimate of drug-likeness (QED) is 0.410. The summed E-state index contributed by atoms with van der Waals surface area (Å²) in [7, 11) is 1.36. The first-order valence-electron chi connectivity index (χ1n) is 8.79. The van der Waals surface area contributed by atoms with Gasteiger partial charge in [-0.3, -0.25) is 20.0 Å². The second kappa shape index (κ2) is 9.62. The third kappa shape index (κ3) is 4.99. The van der Waals surface area contributed by atoms with Crippen LogP contribution in [0.2, 0.25) is 5.02 Å². The standard InChI is InChI=1S/C20H21ClN4O3.ClH/c1-28-18(26)9-3-13-2-8-17(16(21)12-13)25-11-10-24(20(25)27)15-6-4-14(5-7-15)19(22)23;/h2,4-8,12H,3,9-11H2,1H3,(H3,22,23);1H. The van der Waals surface area contributed by atoms with Crippen molar-refractivity contribution in [1.29, 1.82) is 5.41 Å². The lowest BCUT2D eigenvalue weighted by atomic mass is 10.1. The number of methoxy groups -OCH3 is 1. The number of carbonyl (C=O) groups excluding carboxylic acids is 2. The number of nitrogens with zero attached hydrogens (tertiary/aromatic N) is 2. The van der Waals surface area contributed by atoms with Gasteiger partial charge in [-0.1, -0.05) is 17.7 Å². The van der Waals surface area contributed by atoms with E-state index in [2.05, 4.69) is 4.74 Å². The molecule has 9 heteroatoms. The van der Waals surface area contributed by atoms with Crippen LogP contribution in [0.25, 0.3) is 0 Å². The third-order valence-electron chi connectivity index (χ3n) is 4.65. The van der Waals surface area contributed by atoms with Crippen LogP contribution in [0.15, 0.2) is 42.5 Å². The zero-order valence-electron chi connectivity index (χ0n) is 15.9. The molecule has 0 radical (unpaired) electrons. The molecule has 2 aromatic carbocycles. The molecule has 3 N–H and O–H groups in total. The molecule has 3 rings (SSSR count). The molecule has 0 spiro atoms. The molecule has 29 heavy (non-hydrogen) atoms. The number of benzene rings is 2. The van der Waals surface area contributed by atoms with Crippen molar-refractivity contribution >= 4 is 53.2 Å². The summed E-state index contributed by atoms with van der Waals surface area (Å²) in [6.07, 6.45) is 0.800. The zero-order valence-corrected chi connectivity index (χ0v) is 17.4. The average molecular weight is 437 g/mol. The number of hydrogen-bond acceptors (Lipinski definition) is 4. The molecule has 1 aliphatic heterocycles. The van der Waals surface area contributed by atoms with Gasteiger partial charge in [0.15, 0.2) is 0 Å². The first-order valence-corrected chi connectivity index (χ1v) is 9.17. The number of ether oxygens (including phenoxy) is 1. The fourth-order valence-electron chi connectivity index (χ4n) is 3.09. The Morgan fingerprint density at radius 1 is 1.17 bits per heavy atom. The van der Waals surface area contributed by atoms with Crippen LogP contribution in [0.1, 0.15) is 17.5 Å². The first kappa shape index (κ1) is 22.5. The van der Waals surface area contributed by atoms with Gasteiger partial charge in [0, 0.05) is 30.8 Å². The van der Waals surface area contributed by atoms with E-state index in [4.69, 9.17) is 22.7 Å². The number of anilines is 2. The van der Waals surface area contributed by atoms with Crippen LogP contribution < -0.4 is 15.5 Å². The number of nitrogens with one attached hydrogen (secondary N) is 1. The minimum Gasteiger partial charge on any atom is -0.469 e. The van der Waals surface area contributed by atoms with Crippen molar-refractivity contribution in [2.24, 2.45) is 5.73 Å². The van der Waals surface area contributed by atoms with Gasteiger partial charge in [0.2, 0.25) is 0 Å². The normalized spacial score (nSPS) is 13.2. The van der Waals surface area contributed by atoms with Crippen LogP contribution in [0.4, 0.5) is 16.2 Å². The average Bonchev–Trinajstić information content (AvgIpc) is 3.07. The molecule has 1 aliphatic rings. The Morgan fingerprint density at radius 3 is 2.41 bits per heavy atom. The van der Waals surface area contributed by atoms with Crippen molar-refractivity contribution in [1.82, 2.24) is 0 Å². The summed E-state index contributed by atoms with van der Waals surface area (Å²) in [6, 6.07) is 12.3. The van der Waals surface area contributed by atoms with Crippen LogP contribution in [-0.2, 0) is 16.0 Å². The molecule has 2 aromatic rings. The number of hydrogen-bond donors (Lipinski definition) is 2. The van der Waals surface area contributed by atoms with Gasteiger partial charge in [-0.25, -0.2) is 4.79 Å². The molecular formula is C20H22Cl2N4O3. The first-order chi connectivity index (χ1) is 13.4. The summed E-state index contributed by atoms with van der Waals surface area (Å²) < 4.78 is 4.65. The summed E-state index contributed by atoms with van der Waals surface area (Å²) in [5, 5.41) is 7.92. The molecule has 2 amide bonds. The topological polar surface area (TPSA) is 99.7 Å². The number of nitrogens with two attached hydrogens (primary N) is 1. The Morgan fingerprint density at radius 2 is 1.83 bits per heavy atom. The number of carbonyl (C=O) groups is 2. The molecule has 0 atom stereocenters. The molecule has 0 saturated carbocycles. The van der Waals surface area contributed by atoms with Crippen LogP contribution in [-0.4, -0.2) is 38.0 Å². The monoisotopic (exact) mass is 436 g/mol. The van der Waals surface area contributed by atoms with Gasteiger partial charge in [-0.2, -0.15) is 0 Å². The van der Waals surface area contributed by atoms with E-state index in [0.29, 0.717) is 35.8 Å². The van der Waals surface area contributed by atoms with Crippen LogP contribution in [0.3, 0.4) is 0 Å². The van der Waals surface area contributed by atoms with Gasteiger partial charge in [-0.05, 0) is 48.4 Å². The second-order valence-electron chi connectivity index (χ2n) is 6.41. The van der Waals surface area contributed by atoms with Gasteiger partial charge in [-0.15, -0.1) is 12.4 Å². The number of aryl methyl sites for hydroxylation is 1.